The molecule has 1 saturated heterocycles. The fourth-order valence-electron chi connectivity index (χ4n) is 1.63. The number of likely N-dealkylation sites (N-methyl/N-ethyl adjacent to an activating group) is 1. The van der Waals surface area contributed by atoms with Crippen LogP contribution < -0.4 is 5.73 Å². The van der Waals surface area contributed by atoms with Gasteiger partial charge in [-0.2, -0.15) is 0 Å². The van der Waals surface area contributed by atoms with Crippen LogP contribution in [0.25, 0.3) is 0 Å². The minimum absolute atomic E-state index is 0.675. The molecule has 4 nitrogen and oxygen atoms in total. The van der Waals surface area contributed by atoms with Gasteiger partial charge in [0.2, 0.25) is 0 Å². The number of nitrogens with zero attached hydrogens (tertiary/aromatic N) is 3. The van der Waals surface area contributed by atoms with Crippen LogP contribution >= 0.6 is 11.3 Å². The average molecular weight is 212 g/mol. The van der Waals surface area contributed by atoms with Crippen LogP contribution in [-0.2, 0) is 6.54 Å². The Labute approximate surface area is 88.3 Å². The smallest absolute Gasteiger partial charge is 0.180 e. The molecule has 1 aliphatic rings. The van der Waals surface area contributed by atoms with E-state index in [1.54, 1.807) is 0 Å². The molecule has 0 radical (unpaired) electrons. The molecule has 2 N–H and O–H groups in total. The van der Waals surface area contributed by atoms with E-state index in [9.17, 15) is 0 Å². The van der Waals surface area contributed by atoms with Crippen LogP contribution in [0.1, 0.15) is 5.69 Å². The molecule has 0 unspecified atom stereocenters. The summed E-state index contributed by atoms with van der Waals surface area (Å²) in [7, 11) is 2.16. The van der Waals surface area contributed by atoms with E-state index < -0.39 is 0 Å². The molecule has 78 valence electrons. The topological polar surface area (TPSA) is 45.4 Å². The van der Waals surface area contributed by atoms with Gasteiger partial charge in [0.15, 0.2) is 5.13 Å². The van der Waals surface area contributed by atoms with E-state index in [2.05, 4.69) is 21.8 Å². The van der Waals surface area contributed by atoms with Crippen molar-refractivity contribution in [2.75, 3.05) is 39.0 Å². The Bertz CT molecular complexity index is 291. The highest BCUT2D eigenvalue weighted by atomic mass is 32.1. The maximum Gasteiger partial charge on any atom is 0.180 e. The van der Waals surface area contributed by atoms with Crippen molar-refractivity contribution in [3.05, 3.63) is 11.1 Å². The van der Waals surface area contributed by atoms with Gasteiger partial charge < -0.3 is 10.6 Å². The second-order valence-electron chi connectivity index (χ2n) is 3.76. The van der Waals surface area contributed by atoms with Crippen molar-refractivity contribution in [2.45, 2.75) is 6.54 Å². The molecule has 1 aromatic heterocycles. The lowest BCUT2D eigenvalue weighted by atomic mass is 10.3. The Morgan fingerprint density at radius 1 is 1.43 bits per heavy atom. The molecule has 0 amide bonds. The summed E-state index contributed by atoms with van der Waals surface area (Å²) in [4.78, 5) is 9.04. The maximum atomic E-state index is 5.59. The van der Waals surface area contributed by atoms with Gasteiger partial charge >= 0.3 is 0 Å². The fraction of sp³-hybridized carbons (Fsp3) is 0.667. The third-order valence-corrected chi connectivity index (χ3v) is 3.27. The molecular formula is C9H16N4S. The van der Waals surface area contributed by atoms with Crippen LogP contribution in [0.2, 0.25) is 0 Å². The number of anilines is 1. The summed E-state index contributed by atoms with van der Waals surface area (Å²) < 4.78 is 0. The highest BCUT2D eigenvalue weighted by Gasteiger charge is 2.14. The summed E-state index contributed by atoms with van der Waals surface area (Å²) in [5.41, 5.74) is 6.69. The average Bonchev–Trinajstić information content (AvgIpc) is 2.56. The number of hydrogen-bond acceptors (Lipinski definition) is 5. The monoisotopic (exact) mass is 212 g/mol. The van der Waals surface area contributed by atoms with Gasteiger partial charge in [0, 0.05) is 38.1 Å². The van der Waals surface area contributed by atoms with Gasteiger partial charge in [-0.1, -0.05) is 0 Å². The van der Waals surface area contributed by atoms with E-state index in [-0.39, 0.29) is 0 Å². The van der Waals surface area contributed by atoms with E-state index >= 15 is 0 Å². The van der Waals surface area contributed by atoms with Gasteiger partial charge in [-0.15, -0.1) is 11.3 Å². The number of rotatable bonds is 2. The van der Waals surface area contributed by atoms with Gasteiger partial charge in [0.25, 0.3) is 0 Å². The van der Waals surface area contributed by atoms with E-state index in [1.165, 1.54) is 11.3 Å². The van der Waals surface area contributed by atoms with Gasteiger partial charge in [-0.25, -0.2) is 4.98 Å². The second-order valence-corrected chi connectivity index (χ2v) is 4.65. The molecule has 0 saturated carbocycles. The number of piperazine rings is 1. The molecule has 1 aliphatic heterocycles. The molecule has 0 aromatic carbocycles. The highest BCUT2D eigenvalue weighted by molar-refractivity contribution is 7.13. The second kappa shape index (κ2) is 4.25. The number of nitrogen functional groups attached to an aromatic ring is 1. The zero-order chi connectivity index (χ0) is 9.97. The van der Waals surface area contributed by atoms with Crippen molar-refractivity contribution in [3.63, 3.8) is 0 Å². The van der Waals surface area contributed by atoms with Gasteiger partial charge in [-0.3, -0.25) is 4.90 Å². The van der Waals surface area contributed by atoms with Crippen molar-refractivity contribution >= 4 is 16.5 Å². The highest BCUT2D eigenvalue weighted by Crippen LogP contribution is 2.13. The molecule has 0 bridgehead atoms. The Kier molecular flexibility index (Phi) is 3.00. The molecule has 2 rings (SSSR count). The molecule has 0 atom stereocenters. The summed E-state index contributed by atoms with van der Waals surface area (Å²) in [5.74, 6) is 0. The first-order chi connectivity index (χ1) is 6.74. The summed E-state index contributed by atoms with van der Waals surface area (Å²) >= 11 is 1.52. The molecule has 5 heteroatoms. The maximum absolute atomic E-state index is 5.59. The molecule has 14 heavy (non-hydrogen) atoms. The minimum Gasteiger partial charge on any atom is -0.375 e. The zero-order valence-electron chi connectivity index (χ0n) is 8.44. The lowest BCUT2D eigenvalue weighted by Gasteiger charge is -2.31. The normalized spacial score (nSPS) is 20.1. The van der Waals surface area contributed by atoms with Crippen molar-refractivity contribution in [1.29, 1.82) is 0 Å². The molecular weight excluding hydrogens is 196 g/mol. The van der Waals surface area contributed by atoms with Crippen molar-refractivity contribution in [2.24, 2.45) is 0 Å². The number of nitrogens with two attached hydrogens (primary N) is 1. The molecule has 0 aliphatic carbocycles. The third kappa shape index (κ3) is 2.43. The summed E-state index contributed by atoms with van der Waals surface area (Å²) in [6.07, 6.45) is 0. The lowest BCUT2D eigenvalue weighted by Crippen LogP contribution is -2.43. The van der Waals surface area contributed by atoms with Crippen LogP contribution in [-0.4, -0.2) is 48.0 Å². The van der Waals surface area contributed by atoms with Crippen LogP contribution in [0.3, 0.4) is 0 Å². The summed E-state index contributed by atoms with van der Waals surface area (Å²) in [6, 6.07) is 0. The predicted molar refractivity (Wildman–Crippen MR) is 59.3 cm³/mol. The molecule has 2 heterocycles. The fourth-order valence-corrected chi connectivity index (χ4v) is 2.18. The van der Waals surface area contributed by atoms with E-state index in [4.69, 9.17) is 5.73 Å². The lowest BCUT2D eigenvalue weighted by molar-refractivity contribution is 0.147. The Morgan fingerprint density at radius 3 is 2.71 bits per heavy atom. The first-order valence-corrected chi connectivity index (χ1v) is 5.73. The molecule has 1 fully saturated rings. The molecule has 1 aromatic rings. The van der Waals surface area contributed by atoms with E-state index in [1.807, 2.05) is 5.38 Å². The van der Waals surface area contributed by atoms with Crippen molar-refractivity contribution in [1.82, 2.24) is 14.8 Å². The predicted octanol–water partition coefficient (Wildman–Crippen LogP) is 0.473. The van der Waals surface area contributed by atoms with Crippen molar-refractivity contribution < 1.29 is 0 Å². The minimum atomic E-state index is 0.675. The Hall–Kier alpha value is -0.650. The van der Waals surface area contributed by atoms with Crippen LogP contribution in [0.4, 0.5) is 5.13 Å². The van der Waals surface area contributed by atoms with Crippen molar-refractivity contribution in [3.8, 4) is 0 Å². The Balaban J connectivity index is 1.86. The number of thiazole rings is 1. The van der Waals surface area contributed by atoms with Crippen LogP contribution in [0.15, 0.2) is 5.38 Å². The zero-order valence-corrected chi connectivity index (χ0v) is 9.26. The standard InChI is InChI=1S/C9H16N4S/c1-12-2-4-13(5-3-12)6-8-7-14-9(10)11-8/h7H,2-6H2,1H3,(H2,10,11). The third-order valence-electron chi connectivity index (χ3n) is 2.55. The van der Waals surface area contributed by atoms with Gasteiger partial charge in [0.05, 0.1) is 5.69 Å². The summed E-state index contributed by atoms with van der Waals surface area (Å²) in [5, 5.41) is 2.72. The van der Waals surface area contributed by atoms with Crippen LogP contribution in [0.5, 0.6) is 0 Å². The largest absolute Gasteiger partial charge is 0.375 e. The first kappa shape index (κ1) is 9.89. The first-order valence-electron chi connectivity index (χ1n) is 4.85. The van der Waals surface area contributed by atoms with Gasteiger partial charge in [-0.05, 0) is 7.05 Å². The molecule has 0 spiro atoms. The SMILES string of the molecule is CN1CCN(Cc2csc(N)n2)CC1. The van der Waals surface area contributed by atoms with Gasteiger partial charge in [0.1, 0.15) is 0 Å². The van der Waals surface area contributed by atoms with E-state index in [0.29, 0.717) is 5.13 Å². The Morgan fingerprint density at radius 2 is 2.14 bits per heavy atom. The number of aromatic nitrogens is 1. The van der Waals surface area contributed by atoms with E-state index in [0.717, 1.165) is 38.4 Å². The quantitative estimate of drug-likeness (QED) is 0.774. The number of hydrogen-bond donors (Lipinski definition) is 1. The summed E-state index contributed by atoms with van der Waals surface area (Å²) in [6.45, 7) is 5.52. The van der Waals surface area contributed by atoms with Crippen LogP contribution in [0, 0.1) is 0 Å².